The lowest BCUT2D eigenvalue weighted by Crippen LogP contribution is -2.43. The van der Waals surface area contributed by atoms with E-state index in [9.17, 15) is 9.59 Å². The number of methoxy groups -OCH3 is 1. The van der Waals surface area contributed by atoms with Crippen LogP contribution in [0.25, 0.3) is 0 Å². The van der Waals surface area contributed by atoms with Gasteiger partial charge >= 0.3 is 12.0 Å². The summed E-state index contributed by atoms with van der Waals surface area (Å²) in [5, 5.41) is 2.47. The van der Waals surface area contributed by atoms with Crippen molar-refractivity contribution >= 4 is 12.0 Å². The molecule has 0 heterocycles. The Morgan fingerprint density at radius 1 is 1.47 bits per heavy atom. The standard InChI is InChI=1S/C11H20N2O4/c1-4-6-13(7-8-16-3)11(15)12-9-10(14)17-5-2/h4H,1,5-9H2,2-3H3,(H,12,15). The minimum Gasteiger partial charge on any atom is -0.465 e. The zero-order chi connectivity index (χ0) is 13.1. The molecule has 6 nitrogen and oxygen atoms in total. The number of amides is 2. The molecule has 0 aliphatic rings. The van der Waals surface area contributed by atoms with E-state index in [0.717, 1.165) is 0 Å². The van der Waals surface area contributed by atoms with Crippen LogP contribution in [0.4, 0.5) is 4.79 Å². The second kappa shape index (κ2) is 9.65. The maximum absolute atomic E-state index is 11.7. The summed E-state index contributed by atoms with van der Waals surface area (Å²) >= 11 is 0. The van der Waals surface area contributed by atoms with Crippen LogP contribution >= 0.6 is 0 Å². The van der Waals surface area contributed by atoms with Crippen molar-refractivity contribution in [3.63, 3.8) is 0 Å². The third-order valence-electron chi connectivity index (χ3n) is 1.89. The molecule has 2 amide bonds. The second-order valence-electron chi connectivity index (χ2n) is 3.19. The number of esters is 1. The summed E-state index contributed by atoms with van der Waals surface area (Å²) in [6.07, 6.45) is 1.61. The number of nitrogens with one attached hydrogen (secondary N) is 1. The van der Waals surface area contributed by atoms with Crippen LogP contribution in [0.2, 0.25) is 0 Å². The number of urea groups is 1. The number of hydrogen-bond acceptors (Lipinski definition) is 4. The number of hydrogen-bond donors (Lipinski definition) is 1. The second-order valence-corrected chi connectivity index (χ2v) is 3.19. The molecule has 0 saturated carbocycles. The van der Waals surface area contributed by atoms with Crippen molar-refractivity contribution in [1.82, 2.24) is 10.2 Å². The lowest BCUT2D eigenvalue weighted by molar-refractivity contribution is -0.141. The van der Waals surface area contributed by atoms with Crippen molar-refractivity contribution in [2.75, 3.05) is 40.0 Å². The molecular formula is C11H20N2O4. The van der Waals surface area contributed by atoms with Crippen molar-refractivity contribution < 1.29 is 19.1 Å². The average molecular weight is 244 g/mol. The fraction of sp³-hybridized carbons (Fsp3) is 0.636. The summed E-state index contributed by atoms with van der Waals surface area (Å²) in [6, 6.07) is -0.338. The smallest absolute Gasteiger partial charge is 0.325 e. The first-order valence-corrected chi connectivity index (χ1v) is 5.43. The molecule has 0 unspecified atom stereocenters. The summed E-state index contributed by atoms with van der Waals surface area (Å²) in [7, 11) is 1.56. The van der Waals surface area contributed by atoms with Crippen LogP contribution < -0.4 is 5.32 Å². The normalized spacial score (nSPS) is 9.53. The largest absolute Gasteiger partial charge is 0.465 e. The zero-order valence-electron chi connectivity index (χ0n) is 10.4. The average Bonchev–Trinajstić information content (AvgIpc) is 2.32. The Bertz CT molecular complexity index is 256. The van der Waals surface area contributed by atoms with Gasteiger partial charge in [0.25, 0.3) is 0 Å². The molecule has 17 heavy (non-hydrogen) atoms. The Morgan fingerprint density at radius 2 is 2.18 bits per heavy atom. The van der Waals surface area contributed by atoms with Gasteiger partial charge in [0.15, 0.2) is 0 Å². The van der Waals surface area contributed by atoms with Gasteiger partial charge in [0.2, 0.25) is 0 Å². The van der Waals surface area contributed by atoms with E-state index in [2.05, 4.69) is 11.9 Å². The predicted octanol–water partition coefficient (Wildman–Crippen LogP) is 0.394. The first-order valence-electron chi connectivity index (χ1n) is 5.43. The van der Waals surface area contributed by atoms with Gasteiger partial charge in [-0.1, -0.05) is 6.08 Å². The van der Waals surface area contributed by atoms with Gasteiger partial charge in [0.1, 0.15) is 6.54 Å². The molecule has 0 radical (unpaired) electrons. The van der Waals surface area contributed by atoms with Crippen molar-refractivity contribution in [3.8, 4) is 0 Å². The highest BCUT2D eigenvalue weighted by Crippen LogP contribution is 1.90. The summed E-state index contributed by atoms with van der Waals surface area (Å²) in [5.41, 5.74) is 0. The van der Waals surface area contributed by atoms with Crippen molar-refractivity contribution in [2.24, 2.45) is 0 Å². The zero-order valence-corrected chi connectivity index (χ0v) is 10.4. The molecule has 0 aromatic heterocycles. The molecule has 0 aliphatic heterocycles. The Kier molecular flexibility index (Phi) is 8.77. The number of rotatable bonds is 8. The molecule has 0 rings (SSSR count). The van der Waals surface area contributed by atoms with Crippen LogP contribution in [0, 0.1) is 0 Å². The molecule has 0 fully saturated rings. The lowest BCUT2D eigenvalue weighted by Gasteiger charge is -2.20. The summed E-state index contributed by atoms with van der Waals surface area (Å²) in [6.45, 7) is 6.71. The molecule has 0 atom stereocenters. The van der Waals surface area contributed by atoms with Crippen molar-refractivity contribution in [3.05, 3.63) is 12.7 Å². The molecule has 1 N–H and O–H groups in total. The monoisotopic (exact) mass is 244 g/mol. The van der Waals surface area contributed by atoms with Crippen LogP contribution in [0.1, 0.15) is 6.92 Å². The summed E-state index contributed by atoms with van der Waals surface area (Å²) in [4.78, 5) is 24.2. The Hall–Kier alpha value is -1.56. The molecule has 0 spiro atoms. The minimum absolute atomic E-state index is 0.132. The third-order valence-corrected chi connectivity index (χ3v) is 1.89. The molecule has 0 aliphatic carbocycles. The quantitative estimate of drug-likeness (QED) is 0.495. The number of ether oxygens (including phenoxy) is 2. The maximum atomic E-state index is 11.7. The van der Waals surface area contributed by atoms with E-state index in [1.807, 2.05) is 0 Å². The molecule has 0 aromatic rings. The van der Waals surface area contributed by atoms with Gasteiger partial charge in [0, 0.05) is 20.2 Å². The van der Waals surface area contributed by atoms with Gasteiger partial charge in [-0.05, 0) is 6.92 Å². The first kappa shape index (κ1) is 15.4. The van der Waals surface area contributed by atoms with Crippen molar-refractivity contribution in [2.45, 2.75) is 6.92 Å². The summed E-state index contributed by atoms with van der Waals surface area (Å²) < 4.78 is 9.58. The van der Waals surface area contributed by atoms with Crippen molar-refractivity contribution in [1.29, 1.82) is 0 Å². The fourth-order valence-electron chi connectivity index (χ4n) is 1.10. The minimum atomic E-state index is -0.453. The van der Waals surface area contributed by atoms with Crippen LogP contribution in [0.3, 0.4) is 0 Å². The van der Waals surface area contributed by atoms with E-state index in [1.54, 1.807) is 20.1 Å². The Balaban J connectivity index is 4.03. The van der Waals surface area contributed by atoms with E-state index in [-0.39, 0.29) is 12.6 Å². The Morgan fingerprint density at radius 3 is 2.71 bits per heavy atom. The topological polar surface area (TPSA) is 67.9 Å². The lowest BCUT2D eigenvalue weighted by atomic mass is 10.5. The summed E-state index contributed by atoms with van der Waals surface area (Å²) in [5.74, 6) is -0.453. The van der Waals surface area contributed by atoms with Crippen LogP contribution in [0.15, 0.2) is 12.7 Å². The Labute approximate surface area is 102 Å². The molecule has 98 valence electrons. The highest BCUT2D eigenvalue weighted by atomic mass is 16.5. The van der Waals surface area contributed by atoms with E-state index in [4.69, 9.17) is 9.47 Å². The number of carbonyl (C=O) groups is 2. The van der Waals surface area contributed by atoms with Gasteiger partial charge in [0.05, 0.1) is 13.2 Å². The molecular weight excluding hydrogens is 224 g/mol. The van der Waals surface area contributed by atoms with Crippen LogP contribution in [-0.4, -0.2) is 56.9 Å². The van der Waals surface area contributed by atoms with E-state index in [0.29, 0.717) is 26.3 Å². The fourth-order valence-corrected chi connectivity index (χ4v) is 1.10. The van der Waals surface area contributed by atoms with E-state index < -0.39 is 5.97 Å². The van der Waals surface area contributed by atoms with Gasteiger partial charge in [-0.2, -0.15) is 0 Å². The van der Waals surface area contributed by atoms with Crippen LogP contribution in [-0.2, 0) is 14.3 Å². The number of carbonyl (C=O) groups excluding carboxylic acids is 2. The highest BCUT2D eigenvalue weighted by Gasteiger charge is 2.12. The van der Waals surface area contributed by atoms with Gasteiger partial charge in [-0.25, -0.2) is 4.79 Å². The molecule has 6 heteroatoms. The first-order chi connectivity index (χ1) is 8.15. The predicted molar refractivity (Wildman–Crippen MR) is 63.7 cm³/mol. The molecule has 0 bridgehead atoms. The third kappa shape index (κ3) is 7.35. The van der Waals surface area contributed by atoms with Gasteiger partial charge < -0.3 is 19.7 Å². The number of nitrogens with zero attached hydrogens (tertiary/aromatic N) is 1. The SMILES string of the molecule is C=CCN(CCOC)C(=O)NCC(=O)OCC. The van der Waals surface area contributed by atoms with E-state index >= 15 is 0 Å². The maximum Gasteiger partial charge on any atom is 0.325 e. The van der Waals surface area contributed by atoms with Crippen LogP contribution in [0.5, 0.6) is 0 Å². The van der Waals surface area contributed by atoms with E-state index in [1.165, 1.54) is 4.90 Å². The molecule has 0 saturated heterocycles. The molecule has 0 aromatic carbocycles. The highest BCUT2D eigenvalue weighted by molar-refractivity contribution is 5.80. The van der Waals surface area contributed by atoms with Gasteiger partial charge in [-0.3, -0.25) is 4.79 Å². The van der Waals surface area contributed by atoms with Gasteiger partial charge in [-0.15, -0.1) is 6.58 Å².